The summed E-state index contributed by atoms with van der Waals surface area (Å²) in [5.74, 6) is 1.40. The zero-order valence-corrected chi connectivity index (χ0v) is 17.9. The molecule has 1 aliphatic carbocycles. The minimum Gasteiger partial charge on any atom is -0.497 e. The molecule has 2 aliphatic rings. The van der Waals surface area contributed by atoms with Gasteiger partial charge in [-0.2, -0.15) is 0 Å². The van der Waals surface area contributed by atoms with Crippen molar-refractivity contribution >= 4 is 17.4 Å². The molecule has 5 heteroatoms. The van der Waals surface area contributed by atoms with Gasteiger partial charge in [0.05, 0.1) is 14.2 Å². The van der Waals surface area contributed by atoms with Crippen LogP contribution in [0.5, 0.6) is 11.5 Å². The molecule has 0 saturated heterocycles. The maximum atomic E-state index is 13.4. The van der Waals surface area contributed by atoms with Crippen LogP contribution in [0.15, 0.2) is 59.8 Å². The summed E-state index contributed by atoms with van der Waals surface area (Å²) in [5.41, 5.74) is 3.15. The van der Waals surface area contributed by atoms with Crippen molar-refractivity contribution in [3.05, 3.63) is 65.4 Å². The fraction of sp³-hybridized carbons (Fsp3) is 0.360. The molecule has 0 bridgehead atoms. The number of Topliss-reactive ketones (excluding diaryl/α,β-unsaturated/α-hetero) is 1. The third kappa shape index (κ3) is 3.60. The van der Waals surface area contributed by atoms with Crippen molar-refractivity contribution in [3.8, 4) is 11.5 Å². The Hall–Kier alpha value is -3.08. The number of hydrogen-bond acceptors (Lipinski definition) is 4. The van der Waals surface area contributed by atoms with E-state index in [2.05, 4.69) is 13.8 Å². The number of carbonyl (C=O) groups is 2. The van der Waals surface area contributed by atoms with E-state index in [0.29, 0.717) is 12.8 Å². The summed E-state index contributed by atoms with van der Waals surface area (Å²) in [5, 5.41) is 0. The Morgan fingerprint density at radius 1 is 0.867 bits per heavy atom. The predicted molar refractivity (Wildman–Crippen MR) is 116 cm³/mol. The van der Waals surface area contributed by atoms with Crippen LogP contribution in [0.3, 0.4) is 0 Å². The molecule has 1 unspecified atom stereocenters. The van der Waals surface area contributed by atoms with Crippen LogP contribution >= 0.6 is 0 Å². The average Bonchev–Trinajstić information content (AvgIpc) is 2.72. The van der Waals surface area contributed by atoms with Crippen LogP contribution in [0.4, 0.5) is 5.69 Å². The number of anilines is 1. The molecule has 30 heavy (non-hydrogen) atoms. The van der Waals surface area contributed by atoms with Crippen molar-refractivity contribution in [2.45, 2.75) is 39.0 Å². The molecule has 1 heterocycles. The molecule has 0 spiro atoms. The lowest BCUT2D eigenvalue weighted by atomic mass is 9.69. The first-order chi connectivity index (χ1) is 14.3. The van der Waals surface area contributed by atoms with Crippen molar-refractivity contribution in [2.24, 2.45) is 5.41 Å². The van der Waals surface area contributed by atoms with Gasteiger partial charge in [-0.15, -0.1) is 0 Å². The molecule has 0 saturated carbocycles. The highest BCUT2D eigenvalue weighted by Crippen LogP contribution is 2.48. The molecule has 2 aromatic carbocycles. The lowest BCUT2D eigenvalue weighted by Crippen LogP contribution is -2.43. The Labute approximate surface area is 177 Å². The second kappa shape index (κ2) is 7.63. The van der Waals surface area contributed by atoms with E-state index in [1.807, 2.05) is 48.5 Å². The van der Waals surface area contributed by atoms with Crippen LogP contribution in [-0.4, -0.2) is 25.9 Å². The summed E-state index contributed by atoms with van der Waals surface area (Å²) in [6, 6.07) is 15.1. The van der Waals surface area contributed by atoms with Gasteiger partial charge in [0.2, 0.25) is 5.91 Å². The Morgan fingerprint density at radius 3 is 2.00 bits per heavy atom. The van der Waals surface area contributed by atoms with Crippen LogP contribution in [-0.2, 0) is 9.59 Å². The van der Waals surface area contributed by atoms with Gasteiger partial charge in [0.15, 0.2) is 5.78 Å². The van der Waals surface area contributed by atoms with Crippen LogP contribution < -0.4 is 14.4 Å². The molecular weight excluding hydrogens is 378 g/mol. The maximum Gasteiger partial charge on any atom is 0.232 e. The van der Waals surface area contributed by atoms with Crippen molar-refractivity contribution in [3.63, 3.8) is 0 Å². The average molecular weight is 405 g/mol. The highest BCUT2D eigenvalue weighted by atomic mass is 16.5. The quantitative estimate of drug-likeness (QED) is 0.728. The number of hydrogen-bond donors (Lipinski definition) is 0. The molecule has 0 N–H and O–H groups in total. The zero-order valence-electron chi connectivity index (χ0n) is 17.9. The smallest absolute Gasteiger partial charge is 0.232 e. The van der Waals surface area contributed by atoms with Crippen LogP contribution in [0, 0.1) is 5.41 Å². The third-order valence-electron chi connectivity index (χ3n) is 5.99. The Kier molecular flexibility index (Phi) is 5.14. The monoisotopic (exact) mass is 405 g/mol. The van der Waals surface area contributed by atoms with E-state index in [0.717, 1.165) is 34.0 Å². The Bertz CT molecular complexity index is 1000. The van der Waals surface area contributed by atoms with Gasteiger partial charge in [-0.05, 0) is 53.8 Å². The van der Waals surface area contributed by atoms with Gasteiger partial charge in [-0.1, -0.05) is 26.0 Å². The summed E-state index contributed by atoms with van der Waals surface area (Å²) in [6.07, 6.45) is 1.44. The lowest BCUT2D eigenvalue weighted by molar-refractivity contribution is -0.121. The van der Waals surface area contributed by atoms with Crippen LogP contribution in [0.2, 0.25) is 0 Å². The highest BCUT2D eigenvalue weighted by molar-refractivity contribution is 6.07. The van der Waals surface area contributed by atoms with E-state index in [1.165, 1.54) is 0 Å². The van der Waals surface area contributed by atoms with Gasteiger partial charge in [-0.25, -0.2) is 0 Å². The first-order valence-corrected chi connectivity index (χ1v) is 10.2. The largest absolute Gasteiger partial charge is 0.497 e. The molecule has 1 amide bonds. The number of nitrogens with zero attached hydrogens (tertiary/aromatic N) is 1. The number of ketones is 1. The van der Waals surface area contributed by atoms with Gasteiger partial charge < -0.3 is 9.47 Å². The molecule has 2 aromatic rings. The molecule has 0 aromatic heterocycles. The van der Waals surface area contributed by atoms with E-state index in [-0.39, 0.29) is 29.4 Å². The van der Waals surface area contributed by atoms with E-state index in [9.17, 15) is 9.59 Å². The van der Waals surface area contributed by atoms with E-state index < -0.39 is 0 Å². The first kappa shape index (κ1) is 20.2. The van der Waals surface area contributed by atoms with Gasteiger partial charge in [0, 0.05) is 35.7 Å². The molecule has 156 valence electrons. The number of amides is 1. The topological polar surface area (TPSA) is 55.8 Å². The summed E-state index contributed by atoms with van der Waals surface area (Å²) in [6.45, 7) is 4.17. The molecule has 0 radical (unpaired) electrons. The van der Waals surface area contributed by atoms with Gasteiger partial charge in [0.1, 0.15) is 11.5 Å². The van der Waals surface area contributed by atoms with E-state index in [4.69, 9.17) is 9.47 Å². The van der Waals surface area contributed by atoms with Crippen molar-refractivity contribution < 1.29 is 19.1 Å². The highest BCUT2D eigenvalue weighted by Gasteiger charge is 2.44. The second-order valence-electron chi connectivity index (χ2n) is 8.76. The van der Waals surface area contributed by atoms with Crippen molar-refractivity contribution in [1.29, 1.82) is 0 Å². The minimum absolute atomic E-state index is 0.00485. The maximum absolute atomic E-state index is 13.4. The normalized spacial score (nSPS) is 20.8. The van der Waals surface area contributed by atoms with Gasteiger partial charge in [-0.3, -0.25) is 14.5 Å². The minimum atomic E-state index is -0.225. The second-order valence-corrected chi connectivity index (χ2v) is 8.76. The van der Waals surface area contributed by atoms with E-state index >= 15 is 0 Å². The van der Waals surface area contributed by atoms with Crippen molar-refractivity contribution in [2.75, 3.05) is 19.1 Å². The number of rotatable bonds is 4. The summed E-state index contributed by atoms with van der Waals surface area (Å²) < 4.78 is 10.5. The standard InChI is InChI=1S/C25H27NO4/c1-25(2)14-21-24(22(27)15-25)20(16-5-9-18(29-3)10-6-16)13-23(28)26(21)17-7-11-19(30-4)12-8-17/h5-12,20H,13-15H2,1-4H3. The van der Waals surface area contributed by atoms with Gasteiger partial charge in [0.25, 0.3) is 0 Å². The summed E-state index contributed by atoms with van der Waals surface area (Å²) >= 11 is 0. The first-order valence-electron chi connectivity index (χ1n) is 10.2. The Balaban J connectivity index is 1.84. The molecule has 4 rings (SSSR count). The number of benzene rings is 2. The molecule has 1 atom stereocenters. The van der Waals surface area contributed by atoms with E-state index in [1.54, 1.807) is 19.1 Å². The van der Waals surface area contributed by atoms with Gasteiger partial charge >= 0.3 is 0 Å². The molecule has 5 nitrogen and oxygen atoms in total. The number of ether oxygens (including phenoxy) is 2. The van der Waals surface area contributed by atoms with Crippen LogP contribution in [0.1, 0.15) is 44.6 Å². The number of carbonyl (C=O) groups excluding carboxylic acids is 2. The summed E-state index contributed by atoms with van der Waals surface area (Å²) in [7, 11) is 3.24. The fourth-order valence-corrected chi connectivity index (χ4v) is 4.57. The SMILES string of the molecule is COc1ccc(C2CC(=O)N(c3ccc(OC)cc3)C3=C2C(=O)CC(C)(C)C3)cc1. The molecular formula is C25H27NO4. The number of methoxy groups -OCH3 is 2. The zero-order chi connectivity index (χ0) is 21.5. The fourth-order valence-electron chi connectivity index (χ4n) is 4.57. The molecule has 0 fully saturated rings. The third-order valence-corrected chi connectivity index (χ3v) is 5.99. The van der Waals surface area contributed by atoms with Crippen LogP contribution in [0.25, 0.3) is 0 Å². The summed E-state index contributed by atoms with van der Waals surface area (Å²) in [4.78, 5) is 28.4. The Morgan fingerprint density at radius 2 is 1.43 bits per heavy atom. The predicted octanol–water partition coefficient (Wildman–Crippen LogP) is 4.87. The molecule has 1 aliphatic heterocycles. The lowest BCUT2D eigenvalue weighted by Gasteiger charge is -2.43. The number of allylic oxidation sites excluding steroid dienone is 2. The van der Waals surface area contributed by atoms with Crippen molar-refractivity contribution in [1.82, 2.24) is 0 Å².